The van der Waals surface area contributed by atoms with Gasteiger partial charge in [-0.2, -0.15) is 0 Å². The van der Waals surface area contributed by atoms with Crippen LogP contribution in [0, 0.1) is 6.92 Å². The number of carbonyl (C=O) groups is 1. The monoisotopic (exact) mass is 346 g/mol. The first-order valence-corrected chi connectivity index (χ1v) is 8.94. The smallest absolute Gasteiger partial charge is 0.262 e. The lowest BCUT2D eigenvalue weighted by molar-refractivity contribution is -0.255. The highest BCUT2D eigenvalue weighted by Crippen LogP contribution is 2.27. The SMILES string of the molecule is Cc1ccc(C(C)(C)C)cc1S(=O)(=O)Nc1ccc(C(=O)[O-])cc1. The number of carboxylic acid groups (broad SMARTS) is 1. The minimum atomic E-state index is -3.77. The maximum atomic E-state index is 12.7. The van der Waals surface area contributed by atoms with Crippen LogP contribution in [0.5, 0.6) is 0 Å². The molecule has 0 fully saturated rings. The fourth-order valence-electron chi connectivity index (χ4n) is 2.24. The molecule has 0 amide bonds. The molecule has 0 saturated carbocycles. The average molecular weight is 346 g/mol. The molecule has 128 valence electrons. The second-order valence-corrected chi connectivity index (χ2v) is 8.35. The van der Waals surface area contributed by atoms with E-state index in [0.717, 1.165) is 5.56 Å². The lowest BCUT2D eigenvalue weighted by Crippen LogP contribution is -2.22. The zero-order chi connectivity index (χ0) is 18.1. The first kappa shape index (κ1) is 18.0. The Morgan fingerprint density at radius 2 is 1.62 bits per heavy atom. The molecule has 0 atom stereocenters. The second kappa shape index (κ2) is 6.28. The maximum Gasteiger partial charge on any atom is 0.262 e. The molecule has 0 unspecified atom stereocenters. The van der Waals surface area contributed by atoms with Gasteiger partial charge in [0.15, 0.2) is 0 Å². The third-order valence-electron chi connectivity index (χ3n) is 3.72. The van der Waals surface area contributed by atoms with Gasteiger partial charge in [-0.3, -0.25) is 4.72 Å². The van der Waals surface area contributed by atoms with Gasteiger partial charge in [0, 0.05) is 5.69 Å². The number of sulfonamides is 1. The van der Waals surface area contributed by atoms with E-state index in [1.165, 1.54) is 24.3 Å². The molecule has 0 aliphatic rings. The van der Waals surface area contributed by atoms with Crippen LogP contribution in [0.4, 0.5) is 5.69 Å². The molecular formula is C18H20NO4S-. The van der Waals surface area contributed by atoms with Crippen molar-refractivity contribution in [2.75, 3.05) is 4.72 Å². The molecule has 2 rings (SSSR count). The lowest BCUT2D eigenvalue weighted by atomic mass is 9.87. The van der Waals surface area contributed by atoms with Gasteiger partial charge in [-0.1, -0.05) is 45.0 Å². The van der Waals surface area contributed by atoms with Crippen molar-refractivity contribution in [2.24, 2.45) is 0 Å². The van der Waals surface area contributed by atoms with Crippen molar-refractivity contribution in [3.8, 4) is 0 Å². The molecule has 24 heavy (non-hydrogen) atoms. The summed E-state index contributed by atoms with van der Waals surface area (Å²) in [5, 5.41) is 10.7. The fraction of sp³-hybridized carbons (Fsp3) is 0.278. The highest BCUT2D eigenvalue weighted by atomic mass is 32.2. The van der Waals surface area contributed by atoms with Gasteiger partial charge >= 0.3 is 0 Å². The third-order valence-corrected chi connectivity index (χ3v) is 5.24. The molecule has 0 bridgehead atoms. The molecule has 6 heteroatoms. The average Bonchev–Trinajstić information content (AvgIpc) is 2.46. The summed E-state index contributed by atoms with van der Waals surface area (Å²) in [6.45, 7) is 7.78. The zero-order valence-electron chi connectivity index (χ0n) is 14.1. The quantitative estimate of drug-likeness (QED) is 0.921. The van der Waals surface area contributed by atoms with Gasteiger partial charge in [-0.05, 0) is 47.2 Å². The lowest BCUT2D eigenvalue weighted by Gasteiger charge is -2.21. The number of hydrogen-bond donors (Lipinski definition) is 1. The number of benzene rings is 2. The molecule has 0 spiro atoms. The molecular weight excluding hydrogens is 326 g/mol. The van der Waals surface area contributed by atoms with Gasteiger partial charge in [0.2, 0.25) is 0 Å². The van der Waals surface area contributed by atoms with E-state index in [1.807, 2.05) is 26.8 Å². The number of anilines is 1. The van der Waals surface area contributed by atoms with Crippen molar-refractivity contribution < 1.29 is 18.3 Å². The minimum absolute atomic E-state index is 0.0103. The van der Waals surface area contributed by atoms with Gasteiger partial charge in [0.25, 0.3) is 10.0 Å². The predicted octanol–water partition coefficient (Wildman–Crippen LogP) is 2.46. The van der Waals surface area contributed by atoms with Gasteiger partial charge in [-0.15, -0.1) is 0 Å². The fourth-order valence-corrected chi connectivity index (χ4v) is 3.57. The summed E-state index contributed by atoms with van der Waals surface area (Å²) < 4.78 is 27.8. The molecule has 5 nitrogen and oxygen atoms in total. The Labute approximate surface area is 142 Å². The number of carboxylic acids is 1. The summed E-state index contributed by atoms with van der Waals surface area (Å²) in [6, 6.07) is 10.8. The van der Waals surface area contributed by atoms with Crippen LogP contribution in [0.15, 0.2) is 47.4 Å². The first-order chi connectivity index (χ1) is 11.0. The molecule has 0 aromatic heterocycles. The summed E-state index contributed by atoms with van der Waals surface area (Å²) in [5.74, 6) is -1.31. The van der Waals surface area contributed by atoms with Crippen molar-refractivity contribution in [1.29, 1.82) is 0 Å². The summed E-state index contributed by atoms with van der Waals surface area (Å²) in [4.78, 5) is 11.0. The molecule has 2 aromatic carbocycles. The third kappa shape index (κ3) is 3.94. The molecule has 0 aliphatic carbocycles. The van der Waals surface area contributed by atoms with E-state index in [1.54, 1.807) is 19.1 Å². The van der Waals surface area contributed by atoms with Gasteiger partial charge < -0.3 is 9.90 Å². The molecule has 2 aromatic rings. The van der Waals surface area contributed by atoms with Crippen LogP contribution in [0.3, 0.4) is 0 Å². The number of aromatic carboxylic acids is 1. The van der Waals surface area contributed by atoms with E-state index in [2.05, 4.69) is 4.72 Å². The standard InChI is InChI=1S/C18H21NO4S/c1-12-5-8-14(18(2,3)4)11-16(12)24(22,23)19-15-9-6-13(7-10-15)17(20)21/h5-11,19H,1-4H3,(H,20,21)/p-1. The van der Waals surface area contributed by atoms with Crippen molar-refractivity contribution in [2.45, 2.75) is 38.0 Å². The summed E-state index contributed by atoms with van der Waals surface area (Å²) in [7, 11) is -3.77. The van der Waals surface area contributed by atoms with E-state index in [9.17, 15) is 18.3 Å². The largest absolute Gasteiger partial charge is 0.545 e. The van der Waals surface area contributed by atoms with Crippen LogP contribution in [0.2, 0.25) is 0 Å². The van der Waals surface area contributed by atoms with Crippen LogP contribution in [-0.4, -0.2) is 14.4 Å². The normalized spacial score (nSPS) is 12.0. The summed E-state index contributed by atoms with van der Waals surface area (Å²) in [5.41, 5.74) is 1.67. The Kier molecular flexibility index (Phi) is 4.71. The Morgan fingerprint density at radius 1 is 1.04 bits per heavy atom. The van der Waals surface area contributed by atoms with Crippen molar-refractivity contribution in [3.63, 3.8) is 0 Å². The molecule has 1 N–H and O–H groups in total. The van der Waals surface area contributed by atoms with E-state index in [0.29, 0.717) is 11.3 Å². The van der Waals surface area contributed by atoms with E-state index < -0.39 is 16.0 Å². The predicted molar refractivity (Wildman–Crippen MR) is 91.5 cm³/mol. The highest BCUT2D eigenvalue weighted by Gasteiger charge is 2.21. The van der Waals surface area contributed by atoms with Crippen LogP contribution in [0.25, 0.3) is 0 Å². The van der Waals surface area contributed by atoms with Crippen molar-refractivity contribution >= 4 is 21.7 Å². The topological polar surface area (TPSA) is 86.3 Å². The van der Waals surface area contributed by atoms with Gasteiger partial charge in [0.05, 0.1) is 10.9 Å². The first-order valence-electron chi connectivity index (χ1n) is 7.46. The number of carbonyl (C=O) groups excluding carboxylic acids is 1. The van der Waals surface area contributed by atoms with Crippen molar-refractivity contribution in [3.05, 3.63) is 59.2 Å². The zero-order valence-corrected chi connectivity index (χ0v) is 14.9. The van der Waals surface area contributed by atoms with Crippen LogP contribution >= 0.6 is 0 Å². The Bertz CT molecular complexity index is 863. The second-order valence-electron chi connectivity index (χ2n) is 6.70. The van der Waals surface area contributed by atoms with Crippen LogP contribution < -0.4 is 9.83 Å². The minimum Gasteiger partial charge on any atom is -0.545 e. The molecule has 0 heterocycles. The summed E-state index contributed by atoms with van der Waals surface area (Å²) >= 11 is 0. The van der Waals surface area contributed by atoms with Crippen LogP contribution in [0.1, 0.15) is 42.3 Å². The number of hydrogen-bond acceptors (Lipinski definition) is 4. The molecule has 0 radical (unpaired) electrons. The number of nitrogens with one attached hydrogen (secondary N) is 1. The van der Waals surface area contributed by atoms with Gasteiger partial charge in [-0.25, -0.2) is 8.42 Å². The van der Waals surface area contributed by atoms with E-state index >= 15 is 0 Å². The number of rotatable bonds is 4. The van der Waals surface area contributed by atoms with E-state index in [-0.39, 0.29) is 15.9 Å². The Hall–Kier alpha value is -2.34. The Balaban J connectivity index is 2.38. The van der Waals surface area contributed by atoms with Crippen LogP contribution in [-0.2, 0) is 15.4 Å². The van der Waals surface area contributed by atoms with E-state index in [4.69, 9.17) is 0 Å². The highest BCUT2D eigenvalue weighted by molar-refractivity contribution is 7.92. The summed E-state index contributed by atoms with van der Waals surface area (Å²) in [6.07, 6.45) is 0. The molecule has 0 saturated heterocycles. The van der Waals surface area contributed by atoms with Gasteiger partial charge in [0.1, 0.15) is 0 Å². The molecule has 0 aliphatic heterocycles. The Morgan fingerprint density at radius 3 is 2.12 bits per heavy atom. The number of aryl methyl sites for hydroxylation is 1. The van der Waals surface area contributed by atoms with Crippen molar-refractivity contribution in [1.82, 2.24) is 0 Å². The maximum absolute atomic E-state index is 12.7.